The lowest BCUT2D eigenvalue weighted by Gasteiger charge is -2.19. The molecule has 0 saturated carbocycles. The highest BCUT2D eigenvalue weighted by molar-refractivity contribution is 9.10. The Bertz CT molecular complexity index is 638. The highest BCUT2D eigenvalue weighted by Crippen LogP contribution is 2.31. The van der Waals surface area contributed by atoms with E-state index in [0.717, 1.165) is 15.7 Å². The van der Waals surface area contributed by atoms with Gasteiger partial charge in [0.15, 0.2) is 5.82 Å². The normalized spacial score (nSPS) is 11.5. The third-order valence-electron chi connectivity index (χ3n) is 2.81. The Hall–Kier alpha value is -1.17. The largest absolute Gasteiger partial charge is 0.308 e. The van der Waals surface area contributed by atoms with Gasteiger partial charge in [0, 0.05) is 21.5 Å². The van der Waals surface area contributed by atoms with Crippen molar-refractivity contribution < 1.29 is 0 Å². The summed E-state index contributed by atoms with van der Waals surface area (Å²) in [5.74, 6) is 6.61. The number of nitrogens with two attached hydrogens (primary N) is 1. The van der Waals surface area contributed by atoms with E-state index in [2.05, 4.69) is 52.1 Å². The van der Waals surface area contributed by atoms with E-state index in [1.165, 1.54) is 0 Å². The van der Waals surface area contributed by atoms with Crippen molar-refractivity contribution in [1.29, 1.82) is 0 Å². The van der Waals surface area contributed by atoms with Crippen LogP contribution < -0.4 is 11.3 Å². The molecular formula is C14H16BrClN4. The number of aromatic nitrogens is 2. The van der Waals surface area contributed by atoms with Crippen LogP contribution in [0.3, 0.4) is 0 Å². The van der Waals surface area contributed by atoms with Gasteiger partial charge in [0.05, 0.1) is 10.7 Å². The van der Waals surface area contributed by atoms with Gasteiger partial charge in [-0.25, -0.2) is 15.8 Å². The summed E-state index contributed by atoms with van der Waals surface area (Å²) >= 11 is 9.67. The molecule has 0 atom stereocenters. The van der Waals surface area contributed by atoms with Gasteiger partial charge in [-0.15, -0.1) is 0 Å². The predicted molar refractivity (Wildman–Crippen MR) is 86.7 cm³/mol. The second-order valence-corrected chi connectivity index (χ2v) is 6.80. The number of rotatable bonds is 2. The van der Waals surface area contributed by atoms with Gasteiger partial charge >= 0.3 is 0 Å². The van der Waals surface area contributed by atoms with Crippen molar-refractivity contribution in [2.45, 2.75) is 26.2 Å². The van der Waals surface area contributed by atoms with Crippen molar-refractivity contribution >= 4 is 33.3 Å². The first-order valence-electron chi connectivity index (χ1n) is 6.13. The van der Waals surface area contributed by atoms with Crippen LogP contribution in [0, 0.1) is 0 Å². The first kappa shape index (κ1) is 15.2. The third kappa shape index (κ3) is 3.29. The Balaban J connectivity index is 2.64. The number of nitrogens with zero attached hydrogens (tertiary/aromatic N) is 2. The molecule has 0 fully saturated rings. The SMILES string of the molecule is CC(C)(C)c1cc(NN)nc(-c2cc(Br)ccc2Cl)n1. The van der Waals surface area contributed by atoms with Crippen molar-refractivity contribution in [3.05, 3.63) is 39.5 Å². The van der Waals surface area contributed by atoms with Crippen LogP contribution in [0.25, 0.3) is 11.4 Å². The van der Waals surface area contributed by atoms with E-state index in [9.17, 15) is 0 Å². The van der Waals surface area contributed by atoms with Crippen molar-refractivity contribution in [2.24, 2.45) is 5.84 Å². The van der Waals surface area contributed by atoms with Gasteiger partial charge in [-0.05, 0) is 18.2 Å². The van der Waals surface area contributed by atoms with Crippen LogP contribution in [-0.4, -0.2) is 9.97 Å². The second-order valence-electron chi connectivity index (χ2n) is 5.48. The lowest BCUT2D eigenvalue weighted by atomic mass is 9.92. The van der Waals surface area contributed by atoms with Gasteiger partial charge < -0.3 is 5.43 Å². The molecule has 0 amide bonds. The quantitative estimate of drug-likeness (QED) is 0.627. The first-order valence-corrected chi connectivity index (χ1v) is 7.30. The van der Waals surface area contributed by atoms with E-state index in [4.69, 9.17) is 17.4 Å². The number of nitrogens with one attached hydrogen (secondary N) is 1. The number of nitrogen functional groups attached to an aromatic ring is 1. The summed E-state index contributed by atoms with van der Waals surface area (Å²) in [4.78, 5) is 9.00. The molecule has 1 heterocycles. The minimum Gasteiger partial charge on any atom is -0.308 e. The third-order valence-corrected chi connectivity index (χ3v) is 3.63. The number of anilines is 1. The van der Waals surface area contributed by atoms with Crippen LogP contribution in [0.15, 0.2) is 28.7 Å². The summed E-state index contributed by atoms with van der Waals surface area (Å²) in [6.45, 7) is 6.26. The van der Waals surface area contributed by atoms with E-state index in [1.54, 1.807) is 0 Å². The molecule has 0 aliphatic rings. The molecule has 3 N–H and O–H groups in total. The second kappa shape index (κ2) is 5.68. The Morgan fingerprint density at radius 1 is 1.20 bits per heavy atom. The molecule has 0 radical (unpaired) electrons. The fraction of sp³-hybridized carbons (Fsp3) is 0.286. The van der Waals surface area contributed by atoms with E-state index in [-0.39, 0.29) is 5.41 Å². The highest BCUT2D eigenvalue weighted by atomic mass is 79.9. The van der Waals surface area contributed by atoms with Crippen LogP contribution >= 0.6 is 27.5 Å². The van der Waals surface area contributed by atoms with E-state index >= 15 is 0 Å². The highest BCUT2D eigenvalue weighted by Gasteiger charge is 2.19. The molecule has 0 unspecified atom stereocenters. The summed E-state index contributed by atoms with van der Waals surface area (Å²) in [7, 11) is 0. The smallest absolute Gasteiger partial charge is 0.163 e. The van der Waals surface area contributed by atoms with Crippen LogP contribution in [0.2, 0.25) is 5.02 Å². The van der Waals surface area contributed by atoms with Crippen LogP contribution in [-0.2, 0) is 5.41 Å². The zero-order valence-corrected chi connectivity index (χ0v) is 13.9. The molecule has 2 aromatic rings. The van der Waals surface area contributed by atoms with Gasteiger partial charge in [-0.3, -0.25) is 0 Å². The number of hydrazine groups is 1. The minimum atomic E-state index is -0.109. The van der Waals surface area contributed by atoms with E-state index in [0.29, 0.717) is 16.7 Å². The summed E-state index contributed by atoms with van der Waals surface area (Å²) in [5.41, 5.74) is 4.13. The van der Waals surface area contributed by atoms with Gasteiger partial charge in [-0.1, -0.05) is 48.3 Å². The average molecular weight is 356 g/mol. The van der Waals surface area contributed by atoms with Crippen LogP contribution in [0.4, 0.5) is 5.82 Å². The number of halogens is 2. The monoisotopic (exact) mass is 354 g/mol. The van der Waals surface area contributed by atoms with Crippen molar-refractivity contribution in [2.75, 3.05) is 5.43 Å². The van der Waals surface area contributed by atoms with Crippen LogP contribution in [0.1, 0.15) is 26.5 Å². The molecule has 0 aliphatic heterocycles. The number of benzene rings is 1. The van der Waals surface area contributed by atoms with Gasteiger partial charge in [0.25, 0.3) is 0 Å². The molecule has 1 aromatic heterocycles. The number of hydrogen-bond acceptors (Lipinski definition) is 4. The maximum Gasteiger partial charge on any atom is 0.163 e. The molecule has 106 valence electrons. The Morgan fingerprint density at radius 2 is 1.90 bits per heavy atom. The molecule has 0 bridgehead atoms. The predicted octanol–water partition coefficient (Wildman–Crippen LogP) is 4.14. The van der Waals surface area contributed by atoms with Crippen LogP contribution in [0.5, 0.6) is 0 Å². The van der Waals surface area contributed by atoms with E-state index in [1.807, 2.05) is 24.3 Å². The molecule has 2 rings (SSSR count). The fourth-order valence-electron chi connectivity index (χ4n) is 1.69. The molecule has 0 spiro atoms. The van der Waals surface area contributed by atoms with Gasteiger partial charge in [-0.2, -0.15) is 0 Å². The first-order chi connectivity index (χ1) is 9.31. The topological polar surface area (TPSA) is 63.8 Å². The minimum absolute atomic E-state index is 0.109. The summed E-state index contributed by atoms with van der Waals surface area (Å²) < 4.78 is 0.920. The Labute approximate surface area is 131 Å². The molecule has 20 heavy (non-hydrogen) atoms. The lowest BCUT2D eigenvalue weighted by Crippen LogP contribution is -2.17. The fourth-order valence-corrected chi connectivity index (χ4v) is 2.26. The number of hydrogen-bond donors (Lipinski definition) is 2. The van der Waals surface area contributed by atoms with Crippen molar-refractivity contribution in [1.82, 2.24) is 9.97 Å². The average Bonchev–Trinajstić information content (AvgIpc) is 2.40. The van der Waals surface area contributed by atoms with E-state index < -0.39 is 0 Å². The molecular weight excluding hydrogens is 340 g/mol. The molecule has 0 saturated heterocycles. The zero-order valence-electron chi connectivity index (χ0n) is 11.5. The maximum absolute atomic E-state index is 6.24. The molecule has 6 heteroatoms. The molecule has 1 aromatic carbocycles. The summed E-state index contributed by atoms with van der Waals surface area (Å²) in [5, 5.41) is 0.599. The Kier molecular flexibility index (Phi) is 4.32. The standard InChI is InChI=1S/C14H16BrClN4/c1-14(2,3)11-7-12(20-17)19-13(18-11)9-6-8(15)4-5-10(9)16/h4-7H,17H2,1-3H3,(H,18,19,20). The summed E-state index contributed by atoms with van der Waals surface area (Å²) in [6, 6.07) is 7.42. The molecule has 4 nitrogen and oxygen atoms in total. The Morgan fingerprint density at radius 3 is 2.50 bits per heavy atom. The van der Waals surface area contributed by atoms with Gasteiger partial charge in [0.1, 0.15) is 5.82 Å². The lowest BCUT2D eigenvalue weighted by molar-refractivity contribution is 0.568. The summed E-state index contributed by atoms with van der Waals surface area (Å²) in [6.07, 6.45) is 0. The zero-order chi connectivity index (χ0) is 14.9. The van der Waals surface area contributed by atoms with Crippen molar-refractivity contribution in [3.63, 3.8) is 0 Å². The van der Waals surface area contributed by atoms with Crippen molar-refractivity contribution in [3.8, 4) is 11.4 Å². The molecule has 0 aliphatic carbocycles. The maximum atomic E-state index is 6.24. The van der Waals surface area contributed by atoms with Gasteiger partial charge in [0.2, 0.25) is 0 Å².